The maximum atomic E-state index is 11.0. The summed E-state index contributed by atoms with van der Waals surface area (Å²) in [4.78, 5) is 18.8. The number of amides is 1. The van der Waals surface area contributed by atoms with Crippen molar-refractivity contribution >= 4 is 5.91 Å². The average molecular weight is 188 g/mol. The topological polar surface area (TPSA) is 73.8 Å². The summed E-state index contributed by atoms with van der Waals surface area (Å²) in [6.07, 6.45) is 6.24. The Morgan fingerprint density at radius 1 is 1.36 bits per heavy atom. The van der Waals surface area contributed by atoms with E-state index in [0.29, 0.717) is 5.69 Å². The zero-order valence-corrected chi connectivity index (χ0v) is 7.29. The maximum absolute atomic E-state index is 11.0. The lowest BCUT2D eigenvalue weighted by Gasteiger charge is -2.03. The highest BCUT2D eigenvalue weighted by Gasteiger charge is 2.08. The molecule has 1 amide bonds. The highest BCUT2D eigenvalue weighted by molar-refractivity contribution is 5.91. The van der Waals surface area contributed by atoms with E-state index in [1.165, 1.54) is 12.5 Å². The van der Waals surface area contributed by atoms with E-state index in [1.807, 2.05) is 6.07 Å². The molecule has 0 aliphatic rings. The Bertz CT molecular complexity index is 449. The fourth-order valence-corrected chi connectivity index (χ4v) is 1.18. The smallest absolute Gasteiger partial charge is 0.267 e. The molecule has 2 aromatic heterocycles. The van der Waals surface area contributed by atoms with Crippen molar-refractivity contribution < 1.29 is 4.79 Å². The number of primary amides is 1. The Balaban J connectivity index is 2.52. The summed E-state index contributed by atoms with van der Waals surface area (Å²) in [5, 5.41) is 0. The summed E-state index contributed by atoms with van der Waals surface area (Å²) < 4.78 is 1.59. The summed E-state index contributed by atoms with van der Waals surface area (Å²) >= 11 is 0. The van der Waals surface area contributed by atoms with Crippen molar-refractivity contribution in [3.05, 3.63) is 42.7 Å². The quantitative estimate of drug-likeness (QED) is 0.739. The average Bonchev–Trinajstić information content (AvgIpc) is 2.67. The van der Waals surface area contributed by atoms with Crippen LogP contribution in [0.3, 0.4) is 0 Å². The van der Waals surface area contributed by atoms with Crippen molar-refractivity contribution in [3.63, 3.8) is 0 Å². The predicted octanol–water partition coefficient (Wildman–Crippen LogP) is 0.366. The van der Waals surface area contributed by atoms with Gasteiger partial charge in [0.25, 0.3) is 5.91 Å². The van der Waals surface area contributed by atoms with Crippen LogP contribution in [0.1, 0.15) is 10.5 Å². The molecule has 0 aliphatic heterocycles. The molecule has 0 aliphatic carbocycles. The second kappa shape index (κ2) is 3.29. The van der Waals surface area contributed by atoms with Gasteiger partial charge in [-0.05, 0) is 12.1 Å². The van der Waals surface area contributed by atoms with Gasteiger partial charge in [-0.1, -0.05) is 0 Å². The van der Waals surface area contributed by atoms with Crippen LogP contribution in [-0.2, 0) is 0 Å². The van der Waals surface area contributed by atoms with Crippen molar-refractivity contribution in [2.24, 2.45) is 5.73 Å². The van der Waals surface area contributed by atoms with Gasteiger partial charge < -0.3 is 5.73 Å². The van der Waals surface area contributed by atoms with E-state index >= 15 is 0 Å². The molecule has 5 heteroatoms. The van der Waals surface area contributed by atoms with E-state index in [4.69, 9.17) is 5.73 Å². The fourth-order valence-electron chi connectivity index (χ4n) is 1.18. The minimum atomic E-state index is -0.508. The van der Waals surface area contributed by atoms with Gasteiger partial charge >= 0.3 is 0 Å². The van der Waals surface area contributed by atoms with E-state index in [-0.39, 0.29) is 0 Å². The Labute approximate surface area is 80.2 Å². The van der Waals surface area contributed by atoms with Gasteiger partial charge in [0, 0.05) is 6.20 Å². The van der Waals surface area contributed by atoms with Gasteiger partial charge in [-0.25, -0.2) is 4.98 Å². The Morgan fingerprint density at radius 3 is 2.86 bits per heavy atom. The molecule has 0 unspecified atom stereocenters. The van der Waals surface area contributed by atoms with E-state index in [0.717, 1.165) is 5.69 Å². The second-order valence-electron chi connectivity index (χ2n) is 2.72. The minimum absolute atomic E-state index is 0.345. The predicted molar refractivity (Wildman–Crippen MR) is 49.9 cm³/mol. The first-order valence-electron chi connectivity index (χ1n) is 4.01. The van der Waals surface area contributed by atoms with Crippen LogP contribution >= 0.6 is 0 Å². The van der Waals surface area contributed by atoms with Crippen LogP contribution in [-0.4, -0.2) is 20.4 Å². The third-order valence-corrected chi connectivity index (χ3v) is 1.82. The number of aromatic nitrogens is 3. The number of hydrogen-bond acceptors (Lipinski definition) is 3. The van der Waals surface area contributed by atoms with Crippen LogP contribution in [0.4, 0.5) is 0 Å². The number of nitrogens with two attached hydrogens (primary N) is 1. The molecule has 0 radical (unpaired) electrons. The normalized spacial score (nSPS) is 10.0. The third kappa shape index (κ3) is 1.35. The van der Waals surface area contributed by atoms with Crippen molar-refractivity contribution in [2.75, 3.05) is 0 Å². The Kier molecular flexibility index (Phi) is 1.98. The van der Waals surface area contributed by atoms with Gasteiger partial charge in [-0.15, -0.1) is 0 Å². The molecule has 2 aromatic rings. The molecule has 0 fully saturated rings. The molecule has 2 rings (SSSR count). The molecule has 2 heterocycles. The van der Waals surface area contributed by atoms with Gasteiger partial charge in [0.15, 0.2) is 0 Å². The highest BCUT2D eigenvalue weighted by Crippen LogP contribution is 2.08. The molecular weight excluding hydrogens is 180 g/mol. The van der Waals surface area contributed by atoms with Crippen LogP contribution in [0.15, 0.2) is 37.1 Å². The summed E-state index contributed by atoms with van der Waals surface area (Å²) in [5.74, 6) is -0.508. The molecule has 14 heavy (non-hydrogen) atoms. The largest absolute Gasteiger partial charge is 0.364 e. The second-order valence-corrected chi connectivity index (χ2v) is 2.72. The van der Waals surface area contributed by atoms with Crippen LogP contribution < -0.4 is 5.73 Å². The van der Waals surface area contributed by atoms with Crippen molar-refractivity contribution in [2.45, 2.75) is 0 Å². The maximum Gasteiger partial charge on any atom is 0.267 e. The van der Waals surface area contributed by atoms with Crippen LogP contribution in [0.2, 0.25) is 0 Å². The van der Waals surface area contributed by atoms with Gasteiger partial charge in [0.05, 0.1) is 24.4 Å². The zero-order chi connectivity index (χ0) is 9.97. The first-order valence-corrected chi connectivity index (χ1v) is 4.01. The molecule has 0 saturated heterocycles. The number of rotatable bonds is 2. The van der Waals surface area contributed by atoms with E-state index in [9.17, 15) is 4.79 Å². The van der Waals surface area contributed by atoms with Crippen LogP contribution in [0.5, 0.6) is 0 Å². The highest BCUT2D eigenvalue weighted by atomic mass is 16.1. The number of carbonyl (C=O) groups is 1. The first-order chi connectivity index (χ1) is 6.79. The van der Waals surface area contributed by atoms with Crippen molar-refractivity contribution in [1.82, 2.24) is 14.5 Å². The summed E-state index contributed by atoms with van der Waals surface area (Å²) in [6, 6.07) is 3.60. The number of carbonyl (C=O) groups excluding carboxylic acids is 1. The fraction of sp³-hybridized carbons (Fsp3) is 0. The molecule has 0 aromatic carbocycles. The van der Waals surface area contributed by atoms with E-state index < -0.39 is 5.91 Å². The SMILES string of the molecule is NC(=O)c1cncn1-c1cccnc1. The molecule has 0 atom stereocenters. The molecular formula is C9H8N4O. The standard InChI is InChI=1S/C9H8N4O/c10-9(14)8-5-12-6-13(8)7-2-1-3-11-4-7/h1-6H,(H2,10,14). The summed E-state index contributed by atoms with van der Waals surface area (Å²) in [7, 11) is 0. The monoisotopic (exact) mass is 188 g/mol. The Morgan fingerprint density at radius 2 is 2.21 bits per heavy atom. The minimum Gasteiger partial charge on any atom is -0.364 e. The lowest BCUT2D eigenvalue weighted by atomic mass is 10.4. The Hall–Kier alpha value is -2.17. The van der Waals surface area contributed by atoms with Gasteiger partial charge in [0.2, 0.25) is 0 Å². The third-order valence-electron chi connectivity index (χ3n) is 1.82. The molecule has 0 saturated carbocycles. The van der Waals surface area contributed by atoms with Gasteiger partial charge in [-0.2, -0.15) is 0 Å². The zero-order valence-electron chi connectivity index (χ0n) is 7.29. The molecule has 70 valence electrons. The number of hydrogen-bond donors (Lipinski definition) is 1. The number of nitrogens with zero attached hydrogens (tertiary/aromatic N) is 3. The lowest BCUT2D eigenvalue weighted by molar-refractivity contribution is 0.0994. The molecule has 5 nitrogen and oxygen atoms in total. The molecule has 0 spiro atoms. The molecule has 0 bridgehead atoms. The van der Waals surface area contributed by atoms with Crippen molar-refractivity contribution in [3.8, 4) is 5.69 Å². The summed E-state index contributed by atoms with van der Waals surface area (Å²) in [5.41, 5.74) is 6.28. The summed E-state index contributed by atoms with van der Waals surface area (Å²) in [6.45, 7) is 0. The lowest BCUT2D eigenvalue weighted by Crippen LogP contribution is -2.15. The van der Waals surface area contributed by atoms with Crippen LogP contribution in [0, 0.1) is 0 Å². The first kappa shape index (κ1) is 8.43. The van der Waals surface area contributed by atoms with Gasteiger partial charge in [0.1, 0.15) is 5.69 Å². The van der Waals surface area contributed by atoms with E-state index in [1.54, 1.807) is 23.0 Å². The number of imidazole rings is 1. The van der Waals surface area contributed by atoms with Crippen LogP contribution in [0.25, 0.3) is 5.69 Å². The van der Waals surface area contributed by atoms with Gasteiger partial charge in [-0.3, -0.25) is 14.3 Å². The van der Waals surface area contributed by atoms with Crippen molar-refractivity contribution in [1.29, 1.82) is 0 Å². The van der Waals surface area contributed by atoms with E-state index in [2.05, 4.69) is 9.97 Å². The molecule has 2 N–H and O–H groups in total. The number of pyridine rings is 1.